The van der Waals surface area contributed by atoms with E-state index < -0.39 is 0 Å². The van der Waals surface area contributed by atoms with E-state index in [-0.39, 0.29) is 0 Å². The smallest absolute Gasteiger partial charge is 0.133 e. The fourth-order valence-electron chi connectivity index (χ4n) is 4.43. The lowest BCUT2D eigenvalue weighted by Crippen LogP contribution is -2.30. The quantitative estimate of drug-likeness (QED) is 0.720. The van der Waals surface area contributed by atoms with Crippen LogP contribution in [0.1, 0.15) is 23.1 Å². The number of nitrogens with zero attached hydrogens (tertiary/aromatic N) is 3. The number of rotatable bonds is 3. The highest BCUT2D eigenvalue weighted by Gasteiger charge is 2.20. The van der Waals surface area contributed by atoms with Crippen LogP contribution in [-0.4, -0.2) is 25.1 Å². The summed E-state index contributed by atoms with van der Waals surface area (Å²) < 4.78 is 0. The number of anilines is 4. The maximum absolute atomic E-state index is 4.67. The van der Waals surface area contributed by atoms with Gasteiger partial charge in [0.1, 0.15) is 5.82 Å². The number of nitrogens with one attached hydrogen (secondary N) is 1. The summed E-state index contributed by atoms with van der Waals surface area (Å²) in [6.07, 6.45) is 5.35. The molecule has 1 N–H and O–H groups in total. The van der Waals surface area contributed by atoms with E-state index in [1.165, 1.54) is 40.9 Å². The van der Waals surface area contributed by atoms with Crippen LogP contribution in [0.5, 0.6) is 0 Å². The Morgan fingerprint density at radius 3 is 2.71 bits per heavy atom. The Morgan fingerprint density at radius 2 is 1.82 bits per heavy atom. The van der Waals surface area contributed by atoms with Crippen LogP contribution in [0.3, 0.4) is 0 Å². The van der Waals surface area contributed by atoms with E-state index in [1.807, 2.05) is 6.20 Å². The van der Waals surface area contributed by atoms with Crippen LogP contribution in [0.2, 0.25) is 0 Å². The fraction of sp³-hybridized carbons (Fsp3) is 0.292. The van der Waals surface area contributed by atoms with Gasteiger partial charge in [-0.1, -0.05) is 24.3 Å². The van der Waals surface area contributed by atoms with Crippen molar-refractivity contribution < 1.29 is 0 Å². The highest BCUT2D eigenvalue weighted by Crippen LogP contribution is 2.32. The first-order valence-electron chi connectivity index (χ1n) is 10.2. The normalized spacial score (nSPS) is 15.8. The molecule has 2 aromatic carbocycles. The second-order valence-corrected chi connectivity index (χ2v) is 7.80. The highest BCUT2D eigenvalue weighted by atomic mass is 15.1. The van der Waals surface area contributed by atoms with Crippen LogP contribution in [0.4, 0.5) is 22.9 Å². The third-order valence-corrected chi connectivity index (χ3v) is 5.97. The molecule has 0 saturated heterocycles. The van der Waals surface area contributed by atoms with Gasteiger partial charge in [-0.2, -0.15) is 0 Å². The zero-order valence-electron chi connectivity index (χ0n) is 16.4. The van der Waals surface area contributed by atoms with Gasteiger partial charge in [-0.3, -0.25) is 0 Å². The summed E-state index contributed by atoms with van der Waals surface area (Å²) in [6.45, 7) is 3.08. The zero-order chi connectivity index (χ0) is 18.9. The fourth-order valence-corrected chi connectivity index (χ4v) is 4.43. The number of hydrogen-bond acceptors (Lipinski definition) is 4. The van der Waals surface area contributed by atoms with Crippen molar-refractivity contribution >= 4 is 22.9 Å². The van der Waals surface area contributed by atoms with E-state index in [2.05, 4.69) is 81.7 Å². The van der Waals surface area contributed by atoms with Crippen molar-refractivity contribution in [3.8, 4) is 0 Å². The Morgan fingerprint density at radius 1 is 0.929 bits per heavy atom. The molecular weight excluding hydrogens is 344 g/mol. The largest absolute Gasteiger partial charge is 0.374 e. The molecule has 1 aromatic heterocycles. The van der Waals surface area contributed by atoms with Gasteiger partial charge in [0.25, 0.3) is 0 Å². The van der Waals surface area contributed by atoms with Crippen LogP contribution < -0.4 is 15.1 Å². The highest BCUT2D eigenvalue weighted by molar-refractivity contribution is 5.69. The summed E-state index contributed by atoms with van der Waals surface area (Å²) in [6, 6.07) is 19.6. The van der Waals surface area contributed by atoms with E-state index >= 15 is 0 Å². The van der Waals surface area contributed by atoms with Crippen molar-refractivity contribution in [3.63, 3.8) is 0 Å². The molecule has 4 heteroatoms. The van der Waals surface area contributed by atoms with E-state index in [9.17, 15) is 0 Å². The molecule has 28 heavy (non-hydrogen) atoms. The second-order valence-electron chi connectivity index (χ2n) is 7.80. The molecule has 0 atom stereocenters. The van der Waals surface area contributed by atoms with E-state index in [4.69, 9.17) is 0 Å². The number of benzene rings is 2. The molecule has 3 aromatic rings. The number of para-hydroxylation sites is 1. The molecule has 0 aliphatic carbocycles. The first kappa shape index (κ1) is 17.1. The van der Waals surface area contributed by atoms with E-state index in [0.29, 0.717) is 0 Å². The first-order valence-corrected chi connectivity index (χ1v) is 10.2. The maximum Gasteiger partial charge on any atom is 0.133 e. The van der Waals surface area contributed by atoms with Gasteiger partial charge in [0, 0.05) is 55.5 Å². The van der Waals surface area contributed by atoms with Gasteiger partial charge in [-0.25, -0.2) is 4.98 Å². The van der Waals surface area contributed by atoms with Crippen molar-refractivity contribution in [2.75, 3.05) is 35.3 Å². The lowest BCUT2D eigenvalue weighted by molar-refractivity contribution is 0.729. The minimum Gasteiger partial charge on any atom is -0.374 e. The third-order valence-electron chi connectivity index (χ3n) is 5.97. The van der Waals surface area contributed by atoms with Crippen LogP contribution >= 0.6 is 0 Å². The molecule has 0 amide bonds. The monoisotopic (exact) mass is 370 g/mol. The van der Waals surface area contributed by atoms with Crippen LogP contribution in [0.25, 0.3) is 0 Å². The SMILES string of the molecule is CN1CCCc2ccc(Nc3nccc4c3CCN(c3ccccc3)C4)cc21. The molecule has 2 aliphatic heterocycles. The van der Waals surface area contributed by atoms with Gasteiger partial charge in [0.15, 0.2) is 0 Å². The lowest BCUT2D eigenvalue weighted by atomic mass is 9.99. The summed E-state index contributed by atoms with van der Waals surface area (Å²) in [7, 11) is 2.18. The van der Waals surface area contributed by atoms with Gasteiger partial charge >= 0.3 is 0 Å². The van der Waals surface area contributed by atoms with Crippen LogP contribution in [-0.2, 0) is 19.4 Å². The molecule has 0 saturated carbocycles. The van der Waals surface area contributed by atoms with Crippen molar-refractivity contribution in [1.29, 1.82) is 0 Å². The van der Waals surface area contributed by atoms with Crippen molar-refractivity contribution in [2.24, 2.45) is 0 Å². The van der Waals surface area contributed by atoms with Gasteiger partial charge in [-0.05, 0) is 60.7 Å². The molecule has 0 radical (unpaired) electrons. The van der Waals surface area contributed by atoms with Gasteiger partial charge in [0.05, 0.1) is 0 Å². The Labute approximate surface area is 166 Å². The van der Waals surface area contributed by atoms with Crippen molar-refractivity contribution in [1.82, 2.24) is 4.98 Å². The van der Waals surface area contributed by atoms with Crippen molar-refractivity contribution in [2.45, 2.75) is 25.8 Å². The van der Waals surface area contributed by atoms with Crippen LogP contribution in [0.15, 0.2) is 60.8 Å². The van der Waals surface area contributed by atoms with E-state index in [0.717, 1.165) is 37.6 Å². The molecular formula is C24H26N4. The summed E-state index contributed by atoms with van der Waals surface area (Å²) in [4.78, 5) is 9.47. The summed E-state index contributed by atoms with van der Waals surface area (Å²) in [5.74, 6) is 1.00. The topological polar surface area (TPSA) is 31.4 Å². The Balaban J connectivity index is 1.40. The number of fused-ring (bicyclic) bond motifs is 2. The zero-order valence-corrected chi connectivity index (χ0v) is 16.4. The molecule has 0 spiro atoms. The lowest BCUT2D eigenvalue weighted by Gasteiger charge is -2.32. The number of hydrogen-bond donors (Lipinski definition) is 1. The second kappa shape index (κ2) is 7.19. The molecule has 5 rings (SSSR count). The third kappa shape index (κ3) is 3.19. The average Bonchev–Trinajstić information content (AvgIpc) is 2.75. The molecule has 4 nitrogen and oxygen atoms in total. The molecule has 142 valence electrons. The standard InChI is InChI=1S/C24H26N4/c1-27-14-5-6-18-9-10-20(16-23(18)27)26-24-22-12-15-28(17-19(22)11-13-25-24)21-7-3-2-4-8-21/h2-4,7-11,13,16H,5-6,12,14-15,17H2,1H3,(H,25,26). The molecule has 0 unspecified atom stereocenters. The Bertz CT molecular complexity index is 983. The molecule has 3 heterocycles. The van der Waals surface area contributed by atoms with Gasteiger partial charge in [0.2, 0.25) is 0 Å². The first-order chi connectivity index (χ1) is 13.8. The number of aryl methyl sites for hydroxylation is 1. The van der Waals surface area contributed by atoms with E-state index in [1.54, 1.807) is 0 Å². The number of aromatic nitrogens is 1. The Kier molecular flexibility index (Phi) is 4.40. The molecule has 2 aliphatic rings. The summed E-state index contributed by atoms with van der Waals surface area (Å²) >= 11 is 0. The maximum atomic E-state index is 4.67. The Hall–Kier alpha value is -3.01. The predicted octanol–water partition coefficient (Wildman–Crippen LogP) is 4.77. The predicted molar refractivity (Wildman–Crippen MR) is 117 cm³/mol. The van der Waals surface area contributed by atoms with Gasteiger partial charge < -0.3 is 15.1 Å². The average molecular weight is 371 g/mol. The summed E-state index contributed by atoms with van der Waals surface area (Å²) in [5.41, 5.74) is 7.91. The minimum absolute atomic E-state index is 0.934. The molecule has 0 fully saturated rings. The van der Waals surface area contributed by atoms with Crippen LogP contribution in [0, 0.1) is 0 Å². The number of pyridine rings is 1. The minimum atomic E-state index is 0.934. The van der Waals surface area contributed by atoms with Crippen molar-refractivity contribution in [3.05, 3.63) is 77.5 Å². The van der Waals surface area contributed by atoms with Gasteiger partial charge in [-0.15, -0.1) is 0 Å². The molecule has 0 bridgehead atoms. The summed E-state index contributed by atoms with van der Waals surface area (Å²) in [5, 5.41) is 3.60.